The Morgan fingerprint density at radius 2 is 1.83 bits per heavy atom. The van der Waals surface area contributed by atoms with Crippen molar-refractivity contribution in [3.8, 4) is 0 Å². The number of hydrogen-bond donors (Lipinski definition) is 2. The summed E-state index contributed by atoms with van der Waals surface area (Å²) in [5.41, 5.74) is 7.09. The lowest BCUT2D eigenvalue weighted by Crippen LogP contribution is -2.38. The van der Waals surface area contributed by atoms with Crippen LogP contribution in [0.25, 0.3) is 0 Å². The van der Waals surface area contributed by atoms with E-state index >= 15 is 0 Å². The van der Waals surface area contributed by atoms with E-state index in [1.54, 1.807) is 36.5 Å². The molecule has 1 amide bonds. The average molecular weight is 391 g/mol. The van der Waals surface area contributed by atoms with Crippen molar-refractivity contribution in [3.05, 3.63) is 100.0 Å². The van der Waals surface area contributed by atoms with Crippen molar-refractivity contribution in [2.75, 3.05) is 12.8 Å². The molecular weight excluding hydrogens is 370 g/mol. The molecule has 0 saturated carbocycles. The number of anilines is 1. The monoisotopic (exact) mass is 391 g/mol. The second-order valence-corrected chi connectivity index (χ2v) is 6.44. The molecule has 7 nitrogen and oxygen atoms in total. The summed E-state index contributed by atoms with van der Waals surface area (Å²) in [5, 5.41) is 2.58. The molecule has 3 rings (SSSR count). The Bertz CT molecular complexity index is 1080. The maximum Gasteiger partial charge on any atom is 0.333 e. The minimum atomic E-state index is -1.09. The van der Waals surface area contributed by atoms with Gasteiger partial charge in [-0.2, -0.15) is 0 Å². The molecule has 2 aromatic carbocycles. The van der Waals surface area contributed by atoms with Gasteiger partial charge in [-0.3, -0.25) is 9.59 Å². The largest absolute Gasteiger partial charge is 0.467 e. The van der Waals surface area contributed by atoms with Gasteiger partial charge in [0.25, 0.3) is 11.5 Å². The van der Waals surface area contributed by atoms with E-state index in [1.807, 2.05) is 30.3 Å². The summed E-state index contributed by atoms with van der Waals surface area (Å²) in [6.07, 6.45) is 1.61. The van der Waals surface area contributed by atoms with Gasteiger partial charge in [-0.05, 0) is 35.4 Å². The van der Waals surface area contributed by atoms with Crippen molar-refractivity contribution < 1.29 is 14.3 Å². The first-order valence-electron chi connectivity index (χ1n) is 8.97. The lowest BCUT2D eigenvalue weighted by atomic mass is 10.1. The molecule has 0 aliphatic heterocycles. The number of rotatable bonds is 6. The van der Waals surface area contributed by atoms with Gasteiger partial charge in [-0.1, -0.05) is 42.5 Å². The first-order chi connectivity index (χ1) is 14.0. The van der Waals surface area contributed by atoms with Crippen LogP contribution in [0.5, 0.6) is 0 Å². The van der Waals surface area contributed by atoms with E-state index < -0.39 is 23.5 Å². The van der Waals surface area contributed by atoms with Crippen molar-refractivity contribution in [1.29, 1.82) is 0 Å². The van der Waals surface area contributed by atoms with E-state index in [-0.39, 0.29) is 5.56 Å². The fraction of sp³-hybridized carbons (Fsp3) is 0.136. The first kappa shape index (κ1) is 19.9. The van der Waals surface area contributed by atoms with Gasteiger partial charge < -0.3 is 20.4 Å². The highest BCUT2D eigenvalue weighted by Gasteiger charge is 2.25. The molecule has 3 N–H and O–H groups in total. The fourth-order valence-electron chi connectivity index (χ4n) is 2.96. The molecule has 0 aliphatic carbocycles. The molecule has 0 spiro atoms. The topological polar surface area (TPSA) is 103 Å². The van der Waals surface area contributed by atoms with Gasteiger partial charge in [-0.25, -0.2) is 4.79 Å². The number of nitrogens with two attached hydrogens (primary N) is 1. The highest BCUT2D eigenvalue weighted by Crippen LogP contribution is 2.18. The number of nitrogens with zero attached hydrogens (tertiary/aromatic N) is 1. The van der Waals surface area contributed by atoms with Crippen molar-refractivity contribution in [3.63, 3.8) is 0 Å². The maximum absolute atomic E-state index is 12.8. The molecule has 1 atom stereocenters. The van der Waals surface area contributed by atoms with Crippen LogP contribution in [-0.4, -0.2) is 23.6 Å². The van der Waals surface area contributed by atoms with Crippen molar-refractivity contribution in [2.45, 2.75) is 12.6 Å². The van der Waals surface area contributed by atoms with Crippen LogP contribution >= 0.6 is 0 Å². The molecule has 0 bridgehead atoms. The summed E-state index contributed by atoms with van der Waals surface area (Å²) in [5.74, 6) is -1.33. The smallest absolute Gasteiger partial charge is 0.333 e. The van der Waals surface area contributed by atoms with Crippen LogP contribution in [0.1, 0.15) is 27.5 Å². The van der Waals surface area contributed by atoms with E-state index in [2.05, 4.69) is 5.32 Å². The third kappa shape index (κ3) is 4.70. The number of nitrogens with one attached hydrogen (secondary N) is 1. The summed E-state index contributed by atoms with van der Waals surface area (Å²) in [6, 6.07) is 17.9. The van der Waals surface area contributed by atoms with Crippen LogP contribution in [0, 0.1) is 0 Å². The lowest BCUT2D eigenvalue weighted by molar-refractivity contribution is -0.143. The number of benzene rings is 2. The molecule has 148 valence electrons. The summed E-state index contributed by atoms with van der Waals surface area (Å²) in [7, 11) is 1.23. The number of pyridine rings is 1. The summed E-state index contributed by atoms with van der Waals surface area (Å²) in [6.45, 7) is 0.330. The Hall–Kier alpha value is -3.87. The van der Waals surface area contributed by atoms with Gasteiger partial charge in [-0.15, -0.1) is 0 Å². The zero-order valence-corrected chi connectivity index (χ0v) is 15.9. The van der Waals surface area contributed by atoms with Crippen LogP contribution in [0.15, 0.2) is 77.7 Å². The van der Waals surface area contributed by atoms with Crippen LogP contribution in [-0.2, 0) is 16.1 Å². The summed E-state index contributed by atoms with van der Waals surface area (Å²) < 4.78 is 6.24. The van der Waals surface area contributed by atoms with Gasteiger partial charge in [0.1, 0.15) is 5.56 Å². The summed E-state index contributed by atoms with van der Waals surface area (Å²) >= 11 is 0. The zero-order chi connectivity index (χ0) is 20.8. The van der Waals surface area contributed by atoms with Crippen molar-refractivity contribution in [2.24, 2.45) is 0 Å². The maximum atomic E-state index is 12.8. The van der Waals surface area contributed by atoms with E-state index in [0.717, 1.165) is 5.56 Å². The number of hydrogen-bond acceptors (Lipinski definition) is 5. The minimum absolute atomic E-state index is 0.0683. The average Bonchev–Trinajstić information content (AvgIpc) is 2.73. The highest BCUT2D eigenvalue weighted by molar-refractivity contribution is 5.96. The minimum Gasteiger partial charge on any atom is -0.467 e. The van der Waals surface area contributed by atoms with Crippen molar-refractivity contribution in [1.82, 2.24) is 9.88 Å². The number of amides is 1. The van der Waals surface area contributed by atoms with Crippen molar-refractivity contribution >= 4 is 17.6 Å². The number of carbonyl (C=O) groups excluding carboxylic acids is 2. The Morgan fingerprint density at radius 3 is 2.52 bits per heavy atom. The molecule has 0 radical (unpaired) electrons. The quantitative estimate of drug-likeness (QED) is 0.495. The molecular formula is C22H21N3O4. The highest BCUT2D eigenvalue weighted by atomic mass is 16.5. The SMILES string of the molecule is COC(=O)[C@@H](NC(=O)c1cccn(Cc2ccccc2)c1=O)c1cccc(N)c1. The second-order valence-electron chi connectivity index (χ2n) is 6.44. The van der Waals surface area contributed by atoms with Gasteiger partial charge in [0.15, 0.2) is 6.04 Å². The van der Waals surface area contributed by atoms with E-state index in [0.29, 0.717) is 17.8 Å². The van der Waals surface area contributed by atoms with Gasteiger partial charge in [0, 0.05) is 11.9 Å². The van der Waals surface area contributed by atoms with Gasteiger partial charge in [0.05, 0.1) is 13.7 Å². The summed E-state index contributed by atoms with van der Waals surface area (Å²) in [4.78, 5) is 37.8. The van der Waals surface area contributed by atoms with Crippen LogP contribution in [0.4, 0.5) is 5.69 Å². The normalized spacial score (nSPS) is 11.5. The van der Waals surface area contributed by atoms with E-state index in [4.69, 9.17) is 10.5 Å². The number of nitrogen functional groups attached to an aromatic ring is 1. The third-order valence-electron chi connectivity index (χ3n) is 4.42. The molecule has 1 aromatic heterocycles. The Kier molecular flexibility index (Phi) is 6.09. The van der Waals surface area contributed by atoms with Gasteiger partial charge >= 0.3 is 5.97 Å². The second kappa shape index (κ2) is 8.88. The zero-order valence-electron chi connectivity index (χ0n) is 15.9. The standard InChI is InChI=1S/C22H21N3O4/c1-29-22(28)19(16-9-5-10-17(23)13-16)24-20(26)18-11-6-12-25(21(18)27)14-15-7-3-2-4-8-15/h2-13,19H,14,23H2,1H3,(H,24,26)/t19-/m0/s1. The molecule has 0 saturated heterocycles. The fourth-order valence-corrected chi connectivity index (χ4v) is 2.96. The Labute approximate surface area is 167 Å². The predicted octanol–water partition coefficient (Wildman–Crippen LogP) is 2.12. The van der Waals surface area contributed by atoms with Crippen LogP contribution < -0.4 is 16.6 Å². The third-order valence-corrected chi connectivity index (χ3v) is 4.42. The number of carbonyl (C=O) groups is 2. The molecule has 3 aromatic rings. The Balaban J connectivity index is 1.88. The predicted molar refractivity (Wildman–Crippen MR) is 109 cm³/mol. The number of methoxy groups -OCH3 is 1. The van der Waals surface area contributed by atoms with E-state index in [9.17, 15) is 14.4 Å². The number of ether oxygens (including phenoxy) is 1. The lowest BCUT2D eigenvalue weighted by Gasteiger charge is -2.17. The molecule has 29 heavy (non-hydrogen) atoms. The van der Waals surface area contributed by atoms with Crippen LogP contribution in [0.2, 0.25) is 0 Å². The molecule has 0 fully saturated rings. The first-order valence-corrected chi connectivity index (χ1v) is 8.97. The number of esters is 1. The van der Waals surface area contributed by atoms with Crippen LogP contribution in [0.3, 0.4) is 0 Å². The molecule has 0 aliphatic rings. The number of aromatic nitrogens is 1. The molecule has 1 heterocycles. The van der Waals surface area contributed by atoms with E-state index in [1.165, 1.54) is 17.7 Å². The Morgan fingerprint density at radius 1 is 1.07 bits per heavy atom. The van der Waals surface area contributed by atoms with Gasteiger partial charge in [0.2, 0.25) is 0 Å². The molecule has 0 unspecified atom stereocenters. The molecule has 7 heteroatoms.